The molecule has 2 aromatic rings. The average molecular weight is 446 g/mol. The molecule has 1 aromatic heterocycles. The van der Waals surface area contributed by atoms with Gasteiger partial charge in [0.25, 0.3) is 0 Å². The van der Waals surface area contributed by atoms with Crippen LogP contribution in [0.3, 0.4) is 0 Å². The van der Waals surface area contributed by atoms with Gasteiger partial charge >= 0.3 is 11.9 Å². The Morgan fingerprint density at radius 1 is 1.17 bits per heavy atom. The molecule has 0 aliphatic carbocycles. The molecule has 0 amide bonds. The quantitative estimate of drug-likeness (QED) is 0.521. The predicted octanol–water partition coefficient (Wildman–Crippen LogP) is 3.57. The number of carbonyl (C=O) groups is 2. The molecule has 1 aromatic carbocycles. The Hall–Kier alpha value is -2.29. The molecule has 8 nitrogen and oxygen atoms in total. The minimum Gasteiger partial charge on any atom is -0.473 e. The second-order valence-corrected chi connectivity index (χ2v) is 7.16. The number of carboxylic acid groups (broad SMARTS) is 2. The van der Waals surface area contributed by atoms with E-state index in [-0.39, 0.29) is 0 Å². The van der Waals surface area contributed by atoms with Gasteiger partial charge in [-0.1, -0.05) is 23.2 Å². The molecule has 1 heterocycles. The van der Waals surface area contributed by atoms with Crippen LogP contribution in [0.1, 0.15) is 32.0 Å². The topological polar surface area (TPSA) is 106 Å². The van der Waals surface area contributed by atoms with E-state index < -0.39 is 11.9 Å². The summed E-state index contributed by atoms with van der Waals surface area (Å²) in [5.74, 6) is -3.65. The van der Waals surface area contributed by atoms with Gasteiger partial charge in [-0.25, -0.2) is 9.59 Å². The van der Waals surface area contributed by atoms with Gasteiger partial charge in [0.2, 0.25) is 5.62 Å². The number of hydrogen-bond acceptors (Lipinski definition) is 4. The second kappa shape index (κ2) is 11.6. The third-order valence-electron chi connectivity index (χ3n) is 3.77. The van der Waals surface area contributed by atoms with Gasteiger partial charge < -0.3 is 19.5 Å². The number of carboxylic acids is 2. The number of nitrogens with zero attached hydrogens (tertiary/aromatic N) is 3. The van der Waals surface area contributed by atoms with Crippen molar-refractivity contribution in [1.29, 1.82) is 0 Å². The maximum absolute atomic E-state index is 9.10. The van der Waals surface area contributed by atoms with Crippen molar-refractivity contribution >= 4 is 35.1 Å². The monoisotopic (exact) mass is 445 g/mol. The van der Waals surface area contributed by atoms with Gasteiger partial charge in [-0.3, -0.25) is 9.56 Å². The lowest BCUT2D eigenvalue weighted by Gasteiger charge is -2.10. The van der Waals surface area contributed by atoms with Crippen LogP contribution in [-0.4, -0.2) is 51.5 Å². The zero-order valence-electron chi connectivity index (χ0n) is 16.7. The molecule has 29 heavy (non-hydrogen) atoms. The highest BCUT2D eigenvalue weighted by molar-refractivity contribution is 6.42. The number of rotatable bonds is 6. The Labute approximate surface area is 179 Å². The summed E-state index contributed by atoms with van der Waals surface area (Å²) in [6.07, 6.45) is 3.00. The van der Waals surface area contributed by atoms with E-state index in [0.717, 1.165) is 23.4 Å². The molecule has 0 aliphatic heterocycles. The third kappa shape index (κ3) is 7.23. The van der Waals surface area contributed by atoms with E-state index in [9.17, 15) is 0 Å². The first-order valence-corrected chi connectivity index (χ1v) is 9.57. The first kappa shape index (κ1) is 24.7. The molecule has 0 saturated carbocycles. The van der Waals surface area contributed by atoms with Crippen LogP contribution in [0.5, 0.6) is 0 Å². The molecular formula is C19H25Cl2N3O5. The number of aromatic nitrogens is 2. The molecule has 0 atom stereocenters. The number of aryl methyl sites for hydroxylation is 1. The Morgan fingerprint density at radius 2 is 1.79 bits per heavy atom. The zero-order valence-corrected chi connectivity index (χ0v) is 18.2. The fraction of sp³-hybridized carbons (Fsp3) is 0.421. The van der Waals surface area contributed by atoms with Crippen LogP contribution in [0.15, 0.2) is 29.4 Å². The van der Waals surface area contributed by atoms with Crippen molar-refractivity contribution in [3.63, 3.8) is 0 Å². The average Bonchev–Trinajstić information content (AvgIpc) is 2.98. The van der Waals surface area contributed by atoms with Crippen LogP contribution < -0.4 is 5.62 Å². The zero-order chi connectivity index (χ0) is 22.1. The molecule has 160 valence electrons. The lowest BCUT2D eigenvalue weighted by atomic mass is 10.3. The maximum Gasteiger partial charge on any atom is 0.414 e. The van der Waals surface area contributed by atoms with Crippen molar-refractivity contribution in [1.82, 2.24) is 9.13 Å². The van der Waals surface area contributed by atoms with Crippen LogP contribution >= 0.6 is 23.2 Å². The van der Waals surface area contributed by atoms with Crippen LogP contribution in [0.2, 0.25) is 10.0 Å². The summed E-state index contributed by atoms with van der Waals surface area (Å²) in [7, 11) is 1.71. The molecule has 0 spiro atoms. The van der Waals surface area contributed by atoms with Crippen molar-refractivity contribution in [3.05, 3.63) is 45.8 Å². The van der Waals surface area contributed by atoms with Crippen molar-refractivity contribution in [2.24, 2.45) is 4.99 Å². The van der Waals surface area contributed by atoms with Crippen LogP contribution in [-0.2, 0) is 14.3 Å². The standard InChI is InChI=1S/C17H23Cl2N3O.C2H2O4/c1-12(2)21-11-13(3)22(17(21)20-8-5-9-23-4)14-6-7-15(18)16(19)10-14;3-1(4)2(5)6/h6-7,10-12H,5,8-9H2,1-4H3;(H,3,4)(H,5,6). The van der Waals surface area contributed by atoms with Gasteiger partial charge in [0.05, 0.1) is 15.7 Å². The highest BCUT2D eigenvalue weighted by atomic mass is 35.5. The molecule has 2 rings (SSSR count). The predicted molar refractivity (Wildman–Crippen MR) is 111 cm³/mol. The van der Waals surface area contributed by atoms with Gasteiger partial charge in [-0.05, 0) is 45.4 Å². The number of methoxy groups -OCH3 is 1. The highest BCUT2D eigenvalue weighted by Gasteiger charge is 2.12. The van der Waals surface area contributed by atoms with E-state index in [1.807, 2.05) is 18.2 Å². The minimum absolute atomic E-state index is 0.318. The molecule has 0 aliphatic rings. The first-order chi connectivity index (χ1) is 13.6. The largest absolute Gasteiger partial charge is 0.473 e. The molecule has 10 heteroatoms. The number of ether oxygens (including phenoxy) is 1. The van der Waals surface area contributed by atoms with Crippen LogP contribution in [0.4, 0.5) is 0 Å². The Bertz CT molecular complexity index is 907. The second-order valence-electron chi connectivity index (χ2n) is 6.34. The fourth-order valence-electron chi connectivity index (χ4n) is 2.45. The van der Waals surface area contributed by atoms with E-state index in [4.69, 9.17) is 52.7 Å². The summed E-state index contributed by atoms with van der Waals surface area (Å²) < 4.78 is 9.38. The van der Waals surface area contributed by atoms with Gasteiger partial charge in [0.15, 0.2) is 0 Å². The molecule has 0 fully saturated rings. The highest BCUT2D eigenvalue weighted by Crippen LogP contribution is 2.24. The van der Waals surface area contributed by atoms with Crippen LogP contribution in [0.25, 0.3) is 5.69 Å². The summed E-state index contributed by atoms with van der Waals surface area (Å²) in [6.45, 7) is 7.78. The number of halogens is 2. The number of benzene rings is 1. The number of hydrogen-bond donors (Lipinski definition) is 2. The van der Waals surface area contributed by atoms with Crippen molar-refractivity contribution < 1.29 is 24.5 Å². The van der Waals surface area contributed by atoms with E-state index in [1.165, 1.54) is 0 Å². The van der Waals surface area contributed by atoms with E-state index in [1.54, 1.807) is 7.11 Å². The summed E-state index contributed by atoms with van der Waals surface area (Å²) in [4.78, 5) is 23.0. The van der Waals surface area contributed by atoms with E-state index in [2.05, 4.69) is 36.1 Å². The van der Waals surface area contributed by atoms with E-state index >= 15 is 0 Å². The molecule has 0 unspecified atom stereocenters. The summed E-state index contributed by atoms with van der Waals surface area (Å²) in [5, 5.41) is 15.9. The lowest BCUT2D eigenvalue weighted by molar-refractivity contribution is -0.159. The molecular weight excluding hydrogens is 421 g/mol. The Balaban J connectivity index is 0.000000612. The molecule has 2 N–H and O–H groups in total. The third-order valence-corrected chi connectivity index (χ3v) is 4.51. The summed E-state index contributed by atoms with van der Waals surface area (Å²) in [5.41, 5.74) is 2.97. The van der Waals surface area contributed by atoms with Crippen molar-refractivity contribution in [2.45, 2.75) is 33.2 Å². The van der Waals surface area contributed by atoms with E-state index in [0.29, 0.717) is 29.2 Å². The van der Waals surface area contributed by atoms with Gasteiger partial charge in [-0.15, -0.1) is 0 Å². The van der Waals surface area contributed by atoms with Crippen molar-refractivity contribution in [2.75, 3.05) is 20.3 Å². The number of imidazole rings is 1. The minimum atomic E-state index is -1.82. The normalized spacial score (nSPS) is 11.3. The summed E-state index contributed by atoms with van der Waals surface area (Å²) >= 11 is 12.2. The SMILES string of the molecule is COCCCN=c1n(C(C)C)cc(C)n1-c1ccc(Cl)c(Cl)c1.O=C(O)C(=O)O. The Kier molecular flexibility index (Phi) is 9.94. The lowest BCUT2D eigenvalue weighted by Crippen LogP contribution is -2.27. The molecule has 0 saturated heterocycles. The van der Waals surface area contributed by atoms with Gasteiger partial charge in [0.1, 0.15) is 0 Å². The maximum atomic E-state index is 9.10. The smallest absolute Gasteiger partial charge is 0.414 e. The first-order valence-electron chi connectivity index (χ1n) is 8.81. The molecule has 0 radical (unpaired) electrons. The van der Waals surface area contributed by atoms with Crippen molar-refractivity contribution in [3.8, 4) is 5.69 Å². The number of aliphatic carboxylic acids is 2. The Morgan fingerprint density at radius 3 is 2.28 bits per heavy atom. The fourth-order valence-corrected chi connectivity index (χ4v) is 2.75. The molecule has 0 bridgehead atoms. The van der Waals surface area contributed by atoms with Crippen LogP contribution in [0, 0.1) is 6.92 Å². The van der Waals surface area contributed by atoms with Gasteiger partial charge in [0, 0.05) is 38.2 Å². The van der Waals surface area contributed by atoms with Gasteiger partial charge in [-0.2, -0.15) is 0 Å². The summed E-state index contributed by atoms with van der Waals surface area (Å²) in [6, 6.07) is 5.96.